The van der Waals surface area contributed by atoms with Gasteiger partial charge in [-0.15, -0.1) is 0 Å². The summed E-state index contributed by atoms with van der Waals surface area (Å²) in [5.74, 6) is 0.528. The van der Waals surface area contributed by atoms with E-state index in [9.17, 15) is 8.78 Å². The van der Waals surface area contributed by atoms with E-state index in [4.69, 9.17) is 11.6 Å². The summed E-state index contributed by atoms with van der Waals surface area (Å²) in [5, 5.41) is 3.37. The molecule has 0 aliphatic rings. The first-order valence-electron chi connectivity index (χ1n) is 4.40. The molecule has 1 aromatic heterocycles. The number of halogens is 3. The van der Waals surface area contributed by atoms with E-state index in [1.165, 1.54) is 0 Å². The molecule has 1 N–H and O–H groups in total. The van der Waals surface area contributed by atoms with Crippen molar-refractivity contribution in [1.29, 1.82) is 0 Å². The van der Waals surface area contributed by atoms with Gasteiger partial charge in [-0.1, -0.05) is 11.6 Å². The van der Waals surface area contributed by atoms with Crippen molar-refractivity contribution < 1.29 is 13.5 Å². The van der Waals surface area contributed by atoms with Gasteiger partial charge in [0.25, 0.3) is 6.43 Å². The van der Waals surface area contributed by atoms with Gasteiger partial charge in [0.1, 0.15) is 12.4 Å². The van der Waals surface area contributed by atoms with Gasteiger partial charge in [-0.25, -0.2) is 13.8 Å². The van der Waals surface area contributed by atoms with Crippen LogP contribution in [0.3, 0.4) is 0 Å². The molecule has 0 fully saturated rings. The Bertz CT molecular complexity index is 299. The van der Waals surface area contributed by atoms with Crippen LogP contribution in [-0.2, 0) is 4.74 Å². The standard InChI is InChI=1S/C9H11ClF2N2O/c10-7-2-1-3-13-9(7)14-4-5-15-6-8(11)12/h1-3,8H,4-6H2,(H,13,14). The molecular formula is C9H11ClF2N2O. The number of alkyl halides is 2. The molecule has 1 heterocycles. The number of hydrogen-bond donors (Lipinski definition) is 1. The number of aromatic nitrogens is 1. The van der Waals surface area contributed by atoms with Crippen molar-refractivity contribution in [3.8, 4) is 0 Å². The lowest BCUT2D eigenvalue weighted by Crippen LogP contribution is -2.13. The fourth-order valence-corrected chi connectivity index (χ4v) is 1.12. The summed E-state index contributed by atoms with van der Waals surface area (Å²) < 4.78 is 28.0. The summed E-state index contributed by atoms with van der Waals surface area (Å²) in [5.41, 5.74) is 0. The maximum Gasteiger partial charge on any atom is 0.261 e. The summed E-state index contributed by atoms with van der Waals surface area (Å²) in [6.07, 6.45) is -0.836. The molecule has 0 saturated heterocycles. The van der Waals surface area contributed by atoms with Crippen LogP contribution in [0.5, 0.6) is 0 Å². The Morgan fingerprint density at radius 3 is 3.00 bits per heavy atom. The van der Waals surface area contributed by atoms with Crippen LogP contribution in [0.4, 0.5) is 14.6 Å². The highest BCUT2D eigenvalue weighted by Crippen LogP contribution is 2.16. The van der Waals surface area contributed by atoms with Crippen LogP contribution in [0.2, 0.25) is 5.02 Å². The number of nitrogens with zero attached hydrogens (tertiary/aromatic N) is 1. The minimum Gasteiger partial charge on any atom is -0.374 e. The molecule has 1 aromatic rings. The second-order valence-corrected chi connectivity index (χ2v) is 3.13. The summed E-state index contributed by atoms with van der Waals surface area (Å²) in [6.45, 7) is 0.0400. The Labute approximate surface area is 91.4 Å². The first-order valence-corrected chi connectivity index (χ1v) is 4.78. The maximum atomic E-state index is 11.7. The van der Waals surface area contributed by atoms with E-state index in [-0.39, 0.29) is 6.61 Å². The van der Waals surface area contributed by atoms with Crippen LogP contribution < -0.4 is 5.32 Å². The van der Waals surface area contributed by atoms with E-state index in [2.05, 4.69) is 15.0 Å². The van der Waals surface area contributed by atoms with Crippen molar-refractivity contribution in [2.75, 3.05) is 25.1 Å². The van der Waals surface area contributed by atoms with E-state index in [1.54, 1.807) is 18.3 Å². The quantitative estimate of drug-likeness (QED) is 0.771. The second-order valence-electron chi connectivity index (χ2n) is 2.73. The van der Waals surface area contributed by atoms with E-state index >= 15 is 0 Å². The summed E-state index contributed by atoms with van der Waals surface area (Å²) in [4.78, 5) is 3.96. The van der Waals surface area contributed by atoms with Crippen molar-refractivity contribution in [2.45, 2.75) is 6.43 Å². The molecule has 15 heavy (non-hydrogen) atoms. The average molecular weight is 237 g/mol. The highest BCUT2D eigenvalue weighted by atomic mass is 35.5. The van der Waals surface area contributed by atoms with Gasteiger partial charge in [0.05, 0.1) is 11.6 Å². The third kappa shape index (κ3) is 4.90. The van der Waals surface area contributed by atoms with Crippen molar-refractivity contribution >= 4 is 17.4 Å². The number of rotatable bonds is 6. The van der Waals surface area contributed by atoms with E-state index < -0.39 is 13.0 Å². The largest absolute Gasteiger partial charge is 0.374 e. The van der Waals surface area contributed by atoms with Crippen LogP contribution in [0.25, 0.3) is 0 Å². The molecule has 0 bridgehead atoms. The number of pyridine rings is 1. The van der Waals surface area contributed by atoms with Gasteiger partial charge in [-0.3, -0.25) is 0 Å². The minimum absolute atomic E-state index is 0.192. The van der Waals surface area contributed by atoms with E-state index in [0.717, 1.165) is 0 Å². The third-order valence-electron chi connectivity index (χ3n) is 1.54. The van der Waals surface area contributed by atoms with Crippen molar-refractivity contribution in [1.82, 2.24) is 4.98 Å². The van der Waals surface area contributed by atoms with Gasteiger partial charge in [0, 0.05) is 12.7 Å². The topological polar surface area (TPSA) is 34.1 Å². The van der Waals surface area contributed by atoms with Crippen molar-refractivity contribution in [2.24, 2.45) is 0 Å². The molecule has 0 spiro atoms. The predicted octanol–water partition coefficient (Wildman–Crippen LogP) is 2.43. The lowest BCUT2D eigenvalue weighted by atomic mass is 10.4. The van der Waals surface area contributed by atoms with Gasteiger partial charge >= 0.3 is 0 Å². The first kappa shape index (κ1) is 12.1. The molecule has 0 aromatic carbocycles. The van der Waals surface area contributed by atoms with Crippen LogP contribution in [-0.4, -0.2) is 31.2 Å². The molecule has 3 nitrogen and oxygen atoms in total. The molecule has 0 amide bonds. The molecule has 0 atom stereocenters. The first-order chi connectivity index (χ1) is 7.20. The average Bonchev–Trinajstić information content (AvgIpc) is 2.20. The van der Waals surface area contributed by atoms with Crippen LogP contribution in [0.15, 0.2) is 18.3 Å². The zero-order valence-electron chi connectivity index (χ0n) is 7.92. The lowest BCUT2D eigenvalue weighted by molar-refractivity contribution is 0.0215. The molecule has 0 radical (unpaired) electrons. The van der Waals surface area contributed by atoms with Crippen LogP contribution >= 0.6 is 11.6 Å². The Kier molecular flexibility index (Phi) is 5.28. The highest BCUT2D eigenvalue weighted by molar-refractivity contribution is 6.32. The number of ether oxygens (including phenoxy) is 1. The Balaban J connectivity index is 2.18. The SMILES string of the molecule is FC(F)COCCNc1ncccc1Cl. The molecule has 0 saturated carbocycles. The van der Waals surface area contributed by atoms with Crippen LogP contribution in [0, 0.1) is 0 Å². The van der Waals surface area contributed by atoms with Gasteiger partial charge in [-0.2, -0.15) is 0 Å². The Morgan fingerprint density at radius 2 is 2.33 bits per heavy atom. The zero-order valence-corrected chi connectivity index (χ0v) is 8.68. The molecule has 0 aliphatic carbocycles. The van der Waals surface area contributed by atoms with Gasteiger partial charge < -0.3 is 10.1 Å². The van der Waals surface area contributed by atoms with Crippen molar-refractivity contribution in [3.63, 3.8) is 0 Å². The fraction of sp³-hybridized carbons (Fsp3) is 0.444. The molecule has 6 heteroatoms. The van der Waals surface area contributed by atoms with Gasteiger partial charge in [0.15, 0.2) is 0 Å². The Morgan fingerprint density at radius 1 is 1.53 bits per heavy atom. The normalized spacial score (nSPS) is 10.7. The lowest BCUT2D eigenvalue weighted by Gasteiger charge is -2.07. The second kappa shape index (κ2) is 6.53. The van der Waals surface area contributed by atoms with E-state index in [1.807, 2.05) is 0 Å². The number of anilines is 1. The molecule has 0 unspecified atom stereocenters. The fourth-order valence-electron chi connectivity index (χ4n) is 0.930. The van der Waals surface area contributed by atoms with Gasteiger partial charge in [-0.05, 0) is 12.1 Å². The minimum atomic E-state index is -2.43. The van der Waals surface area contributed by atoms with Crippen LogP contribution in [0.1, 0.15) is 0 Å². The number of nitrogens with one attached hydrogen (secondary N) is 1. The maximum absolute atomic E-state index is 11.7. The molecule has 1 rings (SSSR count). The van der Waals surface area contributed by atoms with E-state index in [0.29, 0.717) is 17.4 Å². The third-order valence-corrected chi connectivity index (χ3v) is 1.85. The molecular weight excluding hydrogens is 226 g/mol. The summed E-state index contributed by atoms with van der Waals surface area (Å²) in [7, 11) is 0. The Hall–Kier alpha value is -0.940. The number of hydrogen-bond acceptors (Lipinski definition) is 3. The van der Waals surface area contributed by atoms with Gasteiger partial charge in [0.2, 0.25) is 0 Å². The summed E-state index contributed by atoms with van der Waals surface area (Å²) in [6, 6.07) is 3.40. The summed E-state index contributed by atoms with van der Waals surface area (Å²) >= 11 is 5.80. The predicted molar refractivity (Wildman–Crippen MR) is 54.6 cm³/mol. The molecule has 84 valence electrons. The zero-order chi connectivity index (χ0) is 11.1. The molecule has 0 aliphatic heterocycles. The highest BCUT2D eigenvalue weighted by Gasteiger charge is 2.02. The smallest absolute Gasteiger partial charge is 0.261 e. The van der Waals surface area contributed by atoms with Crippen molar-refractivity contribution in [3.05, 3.63) is 23.4 Å². The monoisotopic (exact) mass is 236 g/mol.